The second kappa shape index (κ2) is 8.23. The molecule has 0 saturated carbocycles. The van der Waals surface area contributed by atoms with E-state index in [0.717, 1.165) is 17.5 Å². The monoisotopic (exact) mass is 411 g/mol. The Kier molecular flexibility index (Phi) is 5.51. The number of rotatable bonds is 5. The van der Waals surface area contributed by atoms with Crippen molar-refractivity contribution in [1.82, 2.24) is 14.8 Å². The maximum Gasteiger partial charge on any atom is 0.252 e. The number of carbonyl (C=O) groups is 1. The third kappa shape index (κ3) is 4.26. The van der Waals surface area contributed by atoms with Gasteiger partial charge >= 0.3 is 0 Å². The lowest BCUT2D eigenvalue weighted by atomic mass is 9.93. The summed E-state index contributed by atoms with van der Waals surface area (Å²) in [7, 11) is 1.47. The lowest BCUT2D eigenvalue weighted by Crippen LogP contribution is -2.28. The van der Waals surface area contributed by atoms with Crippen LogP contribution in [0.2, 0.25) is 5.02 Å². The SMILES string of the molecule is COCC(=O)Nc1nc2n(n1)[C@H](c1ccc(C)cc1)C[C@H](c1ccc(Cl)cc1)N2. The first kappa shape index (κ1) is 19.4. The Balaban J connectivity index is 1.69. The Morgan fingerprint density at radius 3 is 2.59 bits per heavy atom. The number of amides is 1. The molecule has 4 rings (SSSR count). The number of carbonyl (C=O) groups excluding carboxylic acids is 1. The van der Waals surface area contributed by atoms with Gasteiger partial charge in [0.15, 0.2) is 0 Å². The Labute approximate surface area is 174 Å². The van der Waals surface area contributed by atoms with Crippen molar-refractivity contribution in [3.63, 3.8) is 0 Å². The van der Waals surface area contributed by atoms with Gasteiger partial charge < -0.3 is 10.1 Å². The van der Waals surface area contributed by atoms with Crippen molar-refractivity contribution in [2.45, 2.75) is 25.4 Å². The number of benzene rings is 2. The predicted molar refractivity (Wildman–Crippen MR) is 112 cm³/mol. The number of fused-ring (bicyclic) bond motifs is 1. The maximum absolute atomic E-state index is 11.9. The first-order chi connectivity index (χ1) is 14.0. The number of hydrogen-bond donors (Lipinski definition) is 2. The molecule has 0 saturated heterocycles. The highest BCUT2D eigenvalue weighted by Gasteiger charge is 2.31. The number of hydrogen-bond acceptors (Lipinski definition) is 5. The third-order valence-corrected chi connectivity index (χ3v) is 5.20. The van der Waals surface area contributed by atoms with Gasteiger partial charge in [0.2, 0.25) is 5.95 Å². The average molecular weight is 412 g/mol. The summed E-state index contributed by atoms with van der Waals surface area (Å²) in [6.07, 6.45) is 0.784. The van der Waals surface area contributed by atoms with Crippen LogP contribution in [0.4, 0.5) is 11.9 Å². The molecular weight excluding hydrogens is 390 g/mol. The van der Waals surface area contributed by atoms with Crippen LogP contribution < -0.4 is 10.6 Å². The quantitative estimate of drug-likeness (QED) is 0.663. The number of nitrogens with one attached hydrogen (secondary N) is 2. The fourth-order valence-corrected chi connectivity index (χ4v) is 3.63. The zero-order chi connectivity index (χ0) is 20.4. The van der Waals surface area contributed by atoms with Crippen molar-refractivity contribution in [2.24, 2.45) is 0 Å². The number of nitrogens with zero attached hydrogens (tertiary/aromatic N) is 3. The van der Waals surface area contributed by atoms with Gasteiger partial charge in [-0.3, -0.25) is 10.1 Å². The van der Waals surface area contributed by atoms with Crippen LogP contribution in [0.5, 0.6) is 0 Å². The number of halogens is 1. The van der Waals surface area contributed by atoms with Crippen molar-refractivity contribution in [1.29, 1.82) is 0 Å². The first-order valence-corrected chi connectivity index (χ1v) is 9.75. The second-order valence-electron chi connectivity index (χ2n) is 7.10. The number of aromatic nitrogens is 3. The molecule has 0 unspecified atom stereocenters. The zero-order valence-electron chi connectivity index (χ0n) is 16.2. The fourth-order valence-electron chi connectivity index (χ4n) is 3.50. The van der Waals surface area contributed by atoms with Crippen LogP contribution in [0.1, 0.15) is 35.2 Å². The summed E-state index contributed by atoms with van der Waals surface area (Å²) in [4.78, 5) is 16.4. The molecule has 29 heavy (non-hydrogen) atoms. The molecule has 2 heterocycles. The highest BCUT2D eigenvalue weighted by atomic mass is 35.5. The fraction of sp³-hybridized carbons (Fsp3) is 0.286. The molecular formula is C21H22ClN5O2. The van der Waals surface area contributed by atoms with E-state index in [9.17, 15) is 4.79 Å². The van der Waals surface area contributed by atoms with Crippen molar-refractivity contribution < 1.29 is 9.53 Å². The highest BCUT2D eigenvalue weighted by molar-refractivity contribution is 6.30. The Morgan fingerprint density at radius 1 is 1.21 bits per heavy atom. The van der Waals surface area contributed by atoms with E-state index in [-0.39, 0.29) is 30.5 Å². The lowest BCUT2D eigenvalue weighted by molar-refractivity contribution is -0.119. The van der Waals surface area contributed by atoms with E-state index in [1.807, 2.05) is 28.9 Å². The summed E-state index contributed by atoms with van der Waals surface area (Å²) in [5.74, 6) is 0.564. The minimum absolute atomic E-state index is 0.0203. The predicted octanol–water partition coefficient (Wildman–Crippen LogP) is 3.97. The molecule has 1 aliphatic rings. The summed E-state index contributed by atoms with van der Waals surface area (Å²) in [6, 6.07) is 16.2. The van der Waals surface area contributed by atoms with Crippen LogP contribution in [0.15, 0.2) is 48.5 Å². The Morgan fingerprint density at radius 2 is 1.90 bits per heavy atom. The topological polar surface area (TPSA) is 81.1 Å². The highest BCUT2D eigenvalue weighted by Crippen LogP contribution is 2.38. The molecule has 150 valence electrons. The number of ether oxygens (including phenoxy) is 1. The minimum Gasteiger partial charge on any atom is -0.375 e. The van der Waals surface area contributed by atoms with Gasteiger partial charge in [-0.15, -0.1) is 5.10 Å². The van der Waals surface area contributed by atoms with Gasteiger partial charge in [-0.25, -0.2) is 4.68 Å². The molecule has 0 bridgehead atoms. The van der Waals surface area contributed by atoms with E-state index < -0.39 is 0 Å². The van der Waals surface area contributed by atoms with Crippen LogP contribution in [-0.2, 0) is 9.53 Å². The van der Waals surface area contributed by atoms with Crippen LogP contribution in [0.25, 0.3) is 0 Å². The number of aryl methyl sites for hydroxylation is 1. The van der Waals surface area contributed by atoms with Crippen molar-refractivity contribution in [3.05, 3.63) is 70.2 Å². The van der Waals surface area contributed by atoms with Crippen molar-refractivity contribution in [2.75, 3.05) is 24.4 Å². The van der Waals surface area contributed by atoms with Crippen LogP contribution in [0.3, 0.4) is 0 Å². The molecule has 3 aromatic rings. The van der Waals surface area contributed by atoms with Gasteiger partial charge in [-0.1, -0.05) is 53.6 Å². The van der Waals surface area contributed by atoms with Gasteiger partial charge in [0.05, 0.1) is 12.1 Å². The zero-order valence-corrected chi connectivity index (χ0v) is 17.0. The smallest absolute Gasteiger partial charge is 0.252 e. The molecule has 2 atom stereocenters. The van der Waals surface area contributed by atoms with Crippen molar-refractivity contribution in [3.8, 4) is 0 Å². The van der Waals surface area contributed by atoms with Crippen LogP contribution in [0, 0.1) is 6.92 Å². The molecule has 1 aromatic heterocycles. The van der Waals surface area contributed by atoms with Gasteiger partial charge in [0.1, 0.15) is 6.61 Å². The summed E-state index contributed by atoms with van der Waals surface area (Å²) in [5, 5.41) is 11.3. The molecule has 1 aliphatic heterocycles. The molecule has 1 amide bonds. The summed E-state index contributed by atoms with van der Waals surface area (Å²) in [6.45, 7) is 2.01. The van der Waals surface area contributed by atoms with E-state index in [2.05, 4.69) is 51.9 Å². The van der Waals surface area contributed by atoms with Gasteiger partial charge in [-0.05, 0) is 36.6 Å². The third-order valence-electron chi connectivity index (χ3n) is 4.95. The Bertz CT molecular complexity index is 1000. The van der Waals surface area contributed by atoms with Crippen LogP contribution in [-0.4, -0.2) is 34.4 Å². The number of methoxy groups -OCH3 is 1. The molecule has 2 aromatic carbocycles. The largest absolute Gasteiger partial charge is 0.375 e. The van der Waals surface area contributed by atoms with Crippen molar-refractivity contribution >= 4 is 29.4 Å². The Hall–Kier alpha value is -2.90. The normalized spacial score (nSPS) is 18.0. The molecule has 2 N–H and O–H groups in total. The summed E-state index contributed by atoms with van der Waals surface area (Å²) < 4.78 is 6.70. The molecule has 7 nitrogen and oxygen atoms in total. The van der Waals surface area contributed by atoms with Gasteiger partial charge in [0, 0.05) is 12.1 Å². The minimum atomic E-state index is -0.295. The van der Waals surface area contributed by atoms with Gasteiger partial charge in [-0.2, -0.15) is 4.98 Å². The van der Waals surface area contributed by atoms with E-state index in [1.54, 1.807) is 0 Å². The lowest BCUT2D eigenvalue weighted by Gasteiger charge is -2.31. The van der Waals surface area contributed by atoms with E-state index in [0.29, 0.717) is 11.0 Å². The molecule has 8 heteroatoms. The molecule has 0 fully saturated rings. The summed E-state index contributed by atoms with van der Waals surface area (Å²) in [5.41, 5.74) is 3.45. The average Bonchev–Trinajstić information content (AvgIpc) is 3.11. The molecule has 0 radical (unpaired) electrons. The van der Waals surface area contributed by atoms with E-state index >= 15 is 0 Å². The van der Waals surface area contributed by atoms with E-state index in [1.165, 1.54) is 12.7 Å². The van der Waals surface area contributed by atoms with E-state index in [4.69, 9.17) is 16.3 Å². The first-order valence-electron chi connectivity index (χ1n) is 9.37. The molecule has 0 aliphatic carbocycles. The second-order valence-corrected chi connectivity index (χ2v) is 7.53. The standard InChI is InChI=1S/C21H22ClN5O2/c1-13-3-5-15(6-4-13)18-11-17(14-7-9-16(22)10-8-14)23-21-25-20(26-27(18)21)24-19(28)12-29-2/h3-10,17-18H,11-12H2,1-2H3,(H2,23,24,25,26,28)/t17-,18+/m1/s1. The summed E-state index contributed by atoms with van der Waals surface area (Å²) >= 11 is 6.05. The van der Waals surface area contributed by atoms with Gasteiger partial charge in [0.25, 0.3) is 11.9 Å². The number of anilines is 2. The maximum atomic E-state index is 11.9. The van der Waals surface area contributed by atoms with Crippen LogP contribution >= 0.6 is 11.6 Å². The molecule has 0 spiro atoms.